The molecule has 10 nitrogen and oxygen atoms in total. The van der Waals surface area contributed by atoms with Gasteiger partial charge >= 0.3 is 0 Å². The van der Waals surface area contributed by atoms with Crippen LogP contribution in [0.4, 0.5) is 5.13 Å². The summed E-state index contributed by atoms with van der Waals surface area (Å²) in [4.78, 5) is 53.9. The number of thiazole rings is 1. The largest absolute Gasteiger partial charge is 0.355 e. The van der Waals surface area contributed by atoms with Crippen LogP contribution in [0.1, 0.15) is 10.4 Å². The van der Waals surface area contributed by atoms with Gasteiger partial charge in [0, 0.05) is 36.6 Å². The molecule has 2 amide bonds. The van der Waals surface area contributed by atoms with Crippen molar-refractivity contribution < 1.29 is 9.59 Å². The Kier molecular flexibility index (Phi) is 6.00. The fourth-order valence-corrected chi connectivity index (χ4v) is 4.04. The summed E-state index contributed by atoms with van der Waals surface area (Å²) in [6.07, 6.45) is 4.46. The Labute approximate surface area is 183 Å². The lowest BCUT2D eigenvalue weighted by Crippen LogP contribution is -2.24. The molecular formula is C19H15N7O3S2. The van der Waals surface area contributed by atoms with E-state index in [1.165, 1.54) is 35.3 Å². The quantitative estimate of drug-likeness (QED) is 0.333. The van der Waals surface area contributed by atoms with Crippen LogP contribution >= 0.6 is 23.1 Å². The number of fused-ring (bicyclic) bond motifs is 1. The van der Waals surface area contributed by atoms with E-state index in [2.05, 4.69) is 30.6 Å². The minimum absolute atomic E-state index is 0.00805. The van der Waals surface area contributed by atoms with E-state index < -0.39 is 5.56 Å². The standard InChI is InChI=1S/C19H15N7O3S2/c1-20-16(28)11-2-4-12(5-3-11)26-17(29)14-15(22-7-6-21-14)25-19(26)31-10-13(27)24-18-23-8-9-30-18/h2-9H,10H2,1H3,(H,20,28)(H,23,24,27). The predicted octanol–water partition coefficient (Wildman–Crippen LogP) is 1.72. The maximum atomic E-state index is 13.1. The molecule has 2 N–H and O–H groups in total. The van der Waals surface area contributed by atoms with Crippen molar-refractivity contribution >= 4 is 51.2 Å². The molecule has 31 heavy (non-hydrogen) atoms. The number of aromatic nitrogens is 5. The third-order valence-electron chi connectivity index (χ3n) is 4.10. The van der Waals surface area contributed by atoms with Crippen LogP contribution in [0.25, 0.3) is 16.9 Å². The molecule has 0 aliphatic carbocycles. The minimum Gasteiger partial charge on any atom is -0.355 e. The first kappa shape index (κ1) is 20.6. The van der Waals surface area contributed by atoms with Crippen LogP contribution in [0.15, 0.2) is 58.2 Å². The van der Waals surface area contributed by atoms with Crippen LogP contribution in [-0.2, 0) is 4.79 Å². The summed E-state index contributed by atoms with van der Waals surface area (Å²) < 4.78 is 1.35. The summed E-state index contributed by atoms with van der Waals surface area (Å²) in [5, 5.41) is 7.76. The number of thioether (sulfide) groups is 1. The Morgan fingerprint density at radius 2 is 1.87 bits per heavy atom. The van der Waals surface area contributed by atoms with Gasteiger partial charge in [0.2, 0.25) is 5.91 Å². The monoisotopic (exact) mass is 453 g/mol. The molecule has 156 valence electrons. The van der Waals surface area contributed by atoms with Gasteiger partial charge in [0.1, 0.15) is 0 Å². The molecule has 0 radical (unpaired) electrons. The second-order valence-corrected chi connectivity index (χ2v) is 7.90. The van der Waals surface area contributed by atoms with Crippen molar-refractivity contribution in [3.63, 3.8) is 0 Å². The van der Waals surface area contributed by atoms with Crippen LogP contribution in [-0.4, -0.2) is 49.1 Å². The molecule has 0 saturated carbocycles. The molecule has 0 saturated heterocycles. The van der Waals surface area contributed by atoms with E-state index in [0.717, 1.165) is 11.8 Å². The van der Waals surface area contributed by atoms with Gasteiger partial charge in [-0.15, -0.1) is 11.3 Å². The average molecular weight is 454 g/mol. The summed E-state index contributed by atoms with van der Waals surface area (Å²) in [6, 6.07) is 6.47. The van der Waals surface area contributed by atoms with Crippen LogP contribution in [0.5, 0.6) is 0 Å². The van der Waals surface area contributed by atoms with Crippen molar-refractivity contribution in [2.24, 2.45) is 0 Å². The van der Waals surface area contributed by atoms with Crippen molar-refractivity contribution in [1.29, 1.82) is 0 Å². The lowest BCUT2D eigenvalue weighted by Gasteiger charge is -2.12. The molecule has 4 aromatic rings. The van der Waals surface area contributed by atoms with Crippen molar-refractivity contribution in [2.45, 2.75) is 5.16 Å². The van der Waals surface area contributed by atoms with Crippen molar-refractivity contribution in [1.82, 2.24) is 29.8 Å². The van der Waals surface area contributed by atoms with Crippen LogP contribution in [0.2, 0.25) is 0 Å². The van der Waals surface area contributed by atoms with E-state index in [1.54, 1.807) is 35.8 Å². The van der Waals surface area contributed by atoms with Gasteiger partial charge in [-0.2, -0.15) is 0 Å². The third kappa shape index (κ3) is 4.44. The third-order valence-corrected chi connectivity index (χ3v) is 5.73. The maximum absolute atomic E-state index is 13.1. The normalized spacial score (nSPS) is 10.7. The molecule has 0 aliphatic rings. The van der Waals surface area contributed by atoms with Gasteiger partial charge in [-0.05, 0) is 24.3 Å². The number of carbonyl (C=O) groups excluding carboxylic acids is 2. The first-order valence-corrected chi connectivity index (χ1v) is 10.8. The summed E-state index contributed by atoms with van der Waals surface area (Å²) in [7, 11) is 1.54. The van der Waals surface area contributed by atoms with E-state index in [1.807, 2.05) is 0 Å². The Hall–Kier alpha value is -3.64. The Morgan fingerprint density at radius 3 is 2.58 bits per heavy atom. The highest BCUT2D eigenvalue weighted by Gasteiger charge is 2.17. The van der Waals surface area contributed by atoms with E-state index in [9.17, 15) is 14.4 Å². The highest BCUT2D eigenvalue weighted by atomic mass is 32.2. The number of nitrogens with zero attached hydrogens (tertiary/aromatic N) is 5. The number of hydrogen-bond donors (Lipinski definition) is 2. The molecule has 1 aromatic carbocycles. The maximum Gasteiger partial charge on any atom is 0.286 e. The minimum atomic E-state index is -0.423. The summed E-state index contributed by atoms with van der Waals surface area (Å²) in [5.41, 5.74) is 0.807. The summed E-state index contributed by atoms with van der Waals surface area (Å²) >= 11 is 2.39. The first-order valence-electron chi connectivity index (χ1n) is 8.95. The molecule has 12 heteroatoms. The number of rotatable bonds is 6. The van der Waals surface area contributed by atoms with Crippen LogP contribution < -0.4 is 16.2 Å². The molecular weight excluding hydrogens is 438 g/mol. The molecule has 0 spiro atoms. The number of hydrogen-bond acceptors (Lipinski definition) is 9. The molecule has 0 unspecified atom stereocenters. The Morgan fingerprint density at radius 1 is 1.10 bits per heavy atom. The van der Waals surface area contributed by atoms with E-state index in [-0.39, 0.29) is 33.9 Å². The molecule has 0 aliphatic heterocycles. The van der Waals surface area contributed by atoms with Crippen LogP contribution in [0, 0.1) is 0 Å². The van der Waals surface area contributed by atoms with Crippen LogP contribution in [0.3, 0.4) is 0 Å². The van der Waals surface area contributed by atoms with Gasteiger partial charge in [0.15, 0.2) is 21.5 Å². The van der Waals surface area contributed by atoms with Gasteiger partial charge in [-0.25, -0.2) is 19.9 Å². The molecule has 4 rings (SSSR count). The second kappa shape index (κ2) is 9.02. The zero-order chi connectivity index (χ0) is 21.8. The fourth-order valence-electron chi connectivity index (χ4n) is 2.70. The van der Waals surface area contributed by atoms with Crippen molar-refractivity contribution in [3.05, 3.63) is 64.2 Å². The highest BCUT2D eigenvalue weighted by Crippen LogP contribution is 2.21. The van der Waals surface area contributed by atoms with Gasteiger partial charge in [0.05, 0.1) is 11.4 Å². The predicted molar refractivity (Wildman–Crippen MR) is 118 cm³/mol. The van der Waals surface area contributed by atoms with Crippen molar-refractivity contribution in [2.75, 3.05) is 18.1 Å². The number of carbonyl (C=O) groups is 2. The highest BCUT2D eigenvalue weighted by molar-refractivity contribution is 7.99. The van der Waals surface area contributed by atoms with Gasteiger partial charge in [-0.3, -0.25) is 19.0 Å². The summed E-state index contributed by atoms with van der Waals surface area (Å²) in [6.45, 7) is 0. The van der Waals surface area contributed by atoms with E-state index in [4.69, 9.17) is 0 Å². The summed E-state index contributed by atoms with van der Waals surface area (Å²) in [5.74, 6) is -0.515. The first-order chi connectivity index (χ1) is 15.1. The number of anilines is 1. The van der Waals surface area contributed by atoms with E-state index >= 15 is 0 Å². The average Bonchev–Trinajstić information content (AvgIpc) is 3.30. The SMILES string of the molecule is CNC(=O)c1ccc(-n2c(SCC(=O)Nc3nccs3)nc3nccnc3c2=O)cc1. The zero-order valence-electron chi connectivity index (χ0n) is 16.1. The van der Waals surface area contributed by atoms with Gasteiger partial charge in [0.25, 0.3) is 11.5 Å². The topological polar surface area (TPSA) is 132 Å². The molecule has 0 atom stereocenters. The number of nitrogens with one attached hydrogen (secondary N) is 2. The Balaban J connectivity index is 1.70. The zero-order valence-corrected chi connectivity index (χ0v) is 17.7. The van der Waals surface area contributed by atoms with Gasteiger partial charge < -0.3 is 10.6 Å². The molecule has 3 aromatic heterocycles. The lowest BCUT2D eigenvalue weighted by molar-refractivity contribution is -0.113. The lowest BCUT2D eigenvalue weighted by atomic mass is 10.2. The Bertz CT molecular complexity index is 1300. The van der Waals surface area contributed by atoms with Crippen molar-refractivity contribution in [3.8, 4) is 5.69 Å². The number of benzene rings is 1. The number of amides is 2. The molecule has 3 heterocycles. The fraction of sp³-hybridized carbons (Fsp3) is 0.105. The second-order valence-electron chi connectivity index (χ2n) is 6.06. The van der Waals surface area contributed by atoms with Gasteiger partial charge in [-0.1, -0.05) is 11.8 Å². The molecule has 0 fully saturated rings. The smallest absolute Gasteiger partial charge is 0.286 e. The van der Waals surface area contributed by atoms with E-state index in [0.29, 0.717) is 16.4 Å². The molecule has 0 bridgehead atoms.